The van der Waals surface area contributed by atoms with Gasteiger partial charge in [-0.05, 0) is 25.3 Å². The SMILES string of the molecule is CC(=O)NC1(c2noc(CCC(=O)NN3C(=O)NC(C)(c4ccccc4)C3=O)n2)CCCCCC1. The highest BCUT2D eigenvalue weighted by molar-refractivity contribution is 6.08. The van der Waals surface area contributed by atoms with Gasteiger partial charge in [0.05, 0.1) is 0 Å². The van der Waals surface area contributed by atoms with Crippen LogP contribution in [0.2, 0.25) is 0 Å². The van der Waals surface area contributed by atoms with Crippen molar-refractivity contribution in [3.8, 4) is 0 Å². The van der Waals surface area contributed by atoms with Crippen LogP contribution in [0.5, 0.6) is 0 Å². The van der Waals surface area contributed by atoms with E-state index in [4.69, 9.17) is 4.52 Å². The van der Waals surface area contributed by atoms with Gasteiger partial charge in [0.1, 0.15) is 11.1 Å². The number of carbonyl (C=O) groups excluding carboxylic acids is 4. The van der Waals surface area contributed by atoms with Gasteiger partial charge in [-0.2, -0.15) is 9.99 Å². The van der Waals surface area contributed by atoms with Gasteiger partial charge in [0.15, 0.2) is 5.82 Å². The van der Waals surface area contributed by atoms with Crippen LogP contribution in [-0.4, -0.2) is 38.9 Å². The van der Waals surface area contributed by atoms with Crippen LogP contribution in [0.3, 0.4) is 0 Å². The average Bonchev–Trinajstić information content (AvgIpc) is 3.30. The Kier molecular flexibility index (Phi) is 6.86. The van der Waals surface area contributed by atoms with Gasteiger partial charge in [-0.3, -0.25) is 19.8 Å². The number of rotatable bonds is 7. The van der Waals surface area contributed by atoms with E-state index in [1.165, 1.54) is 6.92 Å². The first-order valence-corrected chi connectivity index (χ1v) is 11.9. The lowest BCUT2D eigenvalue weighted by atomic mass is 9.89. The molecule has 1 atom stereocenters. The minimum absolute atomic E-state index is 0.0755. The first-order chi connectivity index (χ1) is 16.7. The van der Waals surface area contributed by atoms with Crippen LogP contribution < -0.4 is 16.1 Å². The molecule has 4 rings (SSSR count). The highest BCUT2D eigenvalue weighted by Gasteiger charge is 2.50. The molecule has 5 amide bonds. The van der Waals surface area contributed by atoms with Crippen LogP contribution >= 0.6 is 0 Å². The zero-order valence-electron chi connectivity index (χ0n) is 19.9. The van der Waals surface area contributed by atoms with E-state index >= 15 is 0 Å². The Hall–Kier alpha value is -3.76. The molecule has 0 bridgehead atoms. The predicted octanol–water partition coefficient (Wildman–Crippen LogP) is 2.19. The molecule has 11 heteroatoms. The number of amides is 5. The highest BCUT2D eigenvalue weighted by atomic mass is 16.5. The molecule has 1 unspecified atom stereocenters. The van der Waals surface area contributed by atoms with Gasteiger partial charge in [-0.1, -0.05) is 61.2 Å². The van der Waals surface area contributed by atoms with Crippen molar-refractivity contribution in [2.24, 2.45) is 0 Å². The van der Waals surface area contributed by atoms with Crippen molar-refractivity contribution in [2.75, 3.05) is 0 Å². The minimum atomic E-state index is -1.27. The Morgan fingerprint density at radius 1 is 1.11 bits per heavy atom. The summed E-state index contributed by atoms with van der Waals surface area (Å²) in [7, 11) is 0. The quantitative estimate of drug-likeness (QED) is 0.405. The molecule has 0 spiro atoms. The van der Waals surface area contributed by atoms with Gasteiger partial charge in [-0.25, -0.2) is 4.79 Å². The number of hydrogen-bond acceptors (Lipinski definition) is 7. The van der Waals surface area contributed by atoms with Crippen molar-refractivity contribution in [3.05, 3.63) is 47.6 Å². The Morgan fingerprint density at radius 2 is 1.80 bits per heavy atom. The highest BCUT2D eigenvalue weighted by Crippen LogP contribution is 2.34. The summed E-state index contributed by atoms with van der Waals surface area (Å²) >= 11 is 0. The maximum absolute atomic E-state index is 12.9. The standard InChI is InChI=1S/C24H30N6O5/c1-16(31)26-24(14-8-3-4-9-15-24)20-25-19(35-29-20)13-12-18(32)28-30-21(33)23(2,27-22(30)34)17-10-6-5-7-11-17/h5-7,10-11H,3-4,8-9,12-15H2,1-2H3,(H,26,31)(H,27,34)(H,28,32). The third kappa shape index (κ3) is 5.03. The molecule has 2 fully saturated rings. The third-order valence-corrected chi connectivity index (χ3v) is 6.61. The molecule has 1 saturated heterocycles. The molecule has 1 aromatic heterocycles. The number of urea groups is 1. The maximum atomic E-state index is 12.9. The first kappa shape index (κ1) is 24.4. The molecule has 11 nitrogen and oxygen atoms in total. The van der Waals surface area contributed by atoms with Crippen molar-refractivity contribution < 1.29 is 23.7 Å². The van der Waals surface area contributed by atoms with E-state index in [9.17, 15) is 19.2 Å². The summed E-state index contributed by atoms with van der Waals surface area (Å²) in [4.78, 5) is 54.2. The number of aryl methyl sites for hydroxylation is 1. The second kappa shape index (κ2) is 9.85. The molecule has 186 valence electrons. The fraction of sp³-hybridized carbons (Fsp3) is 0.500. The molecular weight excluding hydrogens is 452 g/mol. The van der Waals surface area contributed by atoms with E-state index in [-0.39, 0.29) is 24.6 Å². The van der Waals surface area contributed by atoms with E-state index in [2.05, 4.69) is 26.2 Å². The fourth-order valence-corrected chi connectivity index (χ4v) is 4.73. The summed E-state index contributed by atoms with van der Waals surface area (Å²) in [5, 5.41) is 10.5. The minimum Gasteiger partial charge on any atom is -0.343 e. The monoisotopic (exact) mass is 482 g/mol. The Balaban J connectivity index is 1.38. The number of aromatic nitrogens is 2. The molecule has 3 N–H and O–H groups in total. The molecule has 35 heavy (non-hydrogen) atoms. The fourth-order valence-electron chi connectivity index (χ4n) is 4.73. The Morgan fingerprint density at radius 3 is 2.46 bits per heavy atom. The number of hydrazine groups is 1. The van der Waals surface area contributed by atoms with E-state index < -0.39 is 28.9 Å². The number of nitrogens with zero attached hydrogens (tertiary/aromatic N) is 3. The van der Waals surface area contributed by atoms with E-state index in [1.54, 1.807) is 31.2 Å². The van der Waals surface area contributed by atoms with Crippen LogP contribution in [-0.2, 0) is 31.9 Å². The lowest BCUT2D eigenvalue weighted by Crippen LogP contribution is -2.48. The molecule has 0 radical (unpaired) electrons. The number of imide groups is 1. The van der Waals surface area contributed by atoms with Gasteiger partial charge in [0.2, 0.25) is 17.7 Å². The van der Waals surface area contributed by atoms with Crippen LogP contribution in [0, 0.1) is 0 Å². The number of benzene rings is 1. The molecule has 2 aromatic rings. The van der Waals surface area contributed by atoms with Crippen LogP contribution in [0.4, 0.5) is 4.79 Å². The topological polar surface area (TPSA) is 147 Å². The van der Waals surface area contributed by atoms with Gasteiger partial charge in [-0.15, -0.1) is 0 Å². The molecule has 1 aliphatic carbocycles. The number of nitrogens with one attached hydrogen (secondary N) is 3. The van der Waals surface area contributed by atoms with Crippen molar-refractivity contribution in [3.63, 3.8) is 0 Å². The third-order valence-electron chi connectivity index (χ3n) is 6.61. The van der Waals surface area contributed by atoms with Crippen molar-refractivity contribution in [1.82, 2.24) is 31.2 Å². The molecule has 1 aliphatic heterocycles. The lowest BCUT2D eigenvalue weighted by Gasteiger charge is -2.30. The summed E-state index contributed by atoms with van der Waals surface area (Å²) in [6.45, 7) is 3.06. The van der Waals surface area contributed by atoms with Gasteiger partial charge in [0.25, 0.3) is 5.91 Å². The van der Waals surface area contributed by atoms with Crippen molar-refractivity contribution >= 4 is 23.8 Å². The molecule has 2 heterocycles. The second-order valence-electron chi connectivity index (χ2n) is 9.29. The Bertz CT molecular complexity index is 1110. The van der Waals surface area contributed by atoms with E-state index in [0.29, 0.717) is 16.4 Å². The second-order valence-corrected chi connectivity index (χ2v) is 9.29. The normalized spacial score (nSPS) is 21.8. The van der Waals surface area contributed by atoms with Crippen LogP contribution in [0.15, 0.2) is 34.9 Å². The summed E-state index contributed by atoms with van der Waals surface area (Å²) in [5.74, 6) is -0.619. The van der Waals surface area contributed by atoms with Crippen molar-refractivity contribution in [1.29, 1.82) is 0 Å². The Labute approximate surface area is 203 Å². The smallest absolute Gasteiger partial charge is 0.343 e. The number of hydrogen-bond donors (Lipinski definition) is 3. The molecule has 1 aromatic carbocycles. The van der Waals surface area contributed by atoms with Crippen LogP contribution in [0.25, 0.3) is 0 Å². The van der Waals surface area contributed by atoms with Crippen LogP contribution in [0.1, 0.15) is 76.1 Å². The number of carbonyl (C=O) groups is 4. The summed E-state index contributed by atoms with van der Waals surface area (Å²) in [6.07, 6.45) is 5.54. The van der Waals surface area contributed by atoms with Gasteiger partial charge in [0, 0.05) is 19.8 Å². The van der Waals surface area contributed by atoms with Gasteiger partial charge >= 0.3 is 6.03 Å². The predicted molar refractivity (Wildman–Crippen MR) is 123 cm³/mol. The van der Waals surface area contributed by atoms with E-state index in [0.717, 1.165) is 38.5 Å². The first-order valence-electron chi connectivity index (χ1n) is 11.9. The summed E-state index contributed by atoms with van der Waals surface area (Å²) < 4.78 is 5.37. The van der Waals surface area contributed by atoms with E-state index in [1.807, 2.05) is 6.07 Å². The lowest BCUT2D eigenvalue weighted by molar-refractivity contribution is -0.139. The molecule has 1 saturated carbocycles. The average molecular weight is 483 g/mol. The zero-order chi connectivity index (χ0) is 25.1. The summed E-state index contributed by atoms with van der Waals surface area (Å²) in [5.41, 5.74) is 1.04. The summed E-state index contributed by atoms with van der Waals surface area (Å²) in [6, 6.07) is 8.11. The molecule has 2 aliphatic rings. The zero-order valence-corrected chi connectivity index (χ0v) is 19.9. The van der Waals surface area contributed by atoms with Crippen molar-refractivity contribution in [2.45, 2.75) is 76.3 Å². The largest absolute Gasteiger partial charge is 0.344 e. The van der Waals surface area contributed by atoms with Gasteiger partial charge < -0.3 is 15.2 Å². The molecular formula is C24H30N6O5. The maximum Gasteiger partial charge on any atom is 0.344 e.